The Labute approximate surface area is 79.5 Å². The summed E-state index contributed by atoms with van der Waals surface area (Å²) in [5.74, 6) is 0. The van der Waals surface area contributed by atoms with Crippen molar-refractivity contribution in [3.05, 3.63) is 35.9 Å². The molecule has 0 N–H and O–H groups in total. The molecule has 0 aromatic heterocycles. The van der Waals surface area contributed by atoms with Gasteiger partial charge in [-0.3, -0.25) is 0 Å². The van der Waals surface area contributed by atoms with Gasteiger partial charge in [-0.15, -0.1) is 0 Å². The van der Waals surface area contributed by atoms with E-state index in [0.29, 0.717) is 13.4 Å². The molecule has 0 bridgehead atoms. The molecule has 0 spiro atoms. The second-order valence-electron chi connectivity index (χ2n) is 2.75. The summed E-state index contributed by atoms with van der Waals surface area (Å²) in [4.78, 5) is 0. The van der Waals surface area contributed by atoms with E-state index in [2.05, 4.69) is 12.1 Å². The molecule has 0 fully saturated rings. The molecule has 0 atom stereocenters. The first-order chi connectivity index (χ1) is 6.43. The van der Waals surface area contributed by atoms with E-state index in [9.17, 15) is 0 Å². The van der Waals surface area contributed by atoms with Crippen LogP contribution in [0.25, 0.3) is 0 Å². The lowest BCUT2D eigenvalue weighted by Gasteiger charge is -2.03. The van der Waals surface area contributed by atoms with Gasteiger partial charge >= 0.3 is 0 Å². The molecule has 2 nitrogen and oxygen atoms in total. The summed E-state index contributed by atoms with van der Waals surface area (Å²) in [6, 6.07) is 10.3. The quantitative estimate of drug-likeness (QED) is 0.493. The molecular weight excluding hydrogens is 164 g/mol. The Balaban J connectivity index is 2.07. The van der Waals surface area contributed by atoms with Crippen molar-refractivity contribution >= 4 is 0 Å². The van der Waals surface area contributed by atoms with Gasteiger partial charge in [-0.1, -0.05) is 30.3 Å². The van der Waals surface area contributed by atoms with Gasteiger partial charge in [0.15, 0.2) is 0 Å². The minimum atomic E-state index is 0.406. The van der Waals surface area contributed by atoms with Crippen LogP contribution in [0.5, 0.6) is 0 Å². The molecule has 0 aliphatic heterocycles. The first-order valence-electron chi connectivity index (χ1n) is 4.63. The maximum atomic E-state index is 5.26. The monoisotopic (exact) mass is 180 g/mol. The summed E-state index contributed by atoms with van der Waals surface area (Å²) in [5, 5.41) is 0. The van der Waals surface area contributed by atoms with Crippen LogP contribution in [-0.4, -0.2) is 20.0 Å². The highest BCUT2D eigenvalue weighted by Gasteiger charge is 1.90. The lowest BCUT2D eigenvalue weighted by Crippen LogP contribution is -2.03. The van der Waals surface area contributed by atoms with E-state index in [1.165, 1.54) is 5.56 Å². The summed E-state index contributed by atoms with van der Waals surface area (Å²) < 4.78 is 10.3. The summed E-state index contributed by atoms with van der Waals surface area (Å²) in [6.45, 7) is 3.80. The van der Waals surface area contributed by atoms with Crippen LogP contribution < -0.4 is 0 Å². The predicted molar refractivity (Wildman–Crippen MR) is 52.6 cm³/mol. The second kappa shape index (κ2) is 6.63. The molecule has 0 unspecified atom stereocenters. The Morgan fingerprint density at radius 2 is 1.85 bits per heavy atom. The van der Waals surface area contributed by atoms with Gasteiger partial charge < -0.3 is 9.47 Å². The smallest absolute Gasteiger partial charge is 0.146 e. The maximum absolute atomic E-state index is 5.26. The highest BCUT2D eigenvalue weighted by molar-refractivity contribution is 5.14. The number of ether oxygens (including phenoxy) is 2. The van der Waals surface area contributed by atoms with Crippen LogP contribution in [-0.2, 0) is 15.9 Å². The molecule has 0 saturated heterocycles. The Morgan fingerprint density at radius 1 is 1.08 bits per heavy atom. The van der Waals surface area contributed by atoms with Crippen LogP contribution in [0.3, 0.4) is 0 Å². The minimum Gasteiger partial charge on any atom is -0.356 e. The zero-order chi connectivity index (χ0) is 9.36. The third-order valence-electron chi connectivity index (χ3n) is 1.75. The van der Waals surface area contributed by atoms with Crippen LogP contribution in [0.15, 0.2) is 30.3 Å². The van der Waals surface area contributed by atoms with E-state index in [4.69, 9.17) is 9.47 Å². The zero-order valence-electron chi connectivity index (χ0n) is 8.03. The van der Waals surface area contributed by atoms with Crippen molar-refractivity contribution in [3.8, 4) is 0 Å². The molecular formula is C11H16O2. The molecule has 0 heterocycles. The Hall–Kier alpha value is -0.860. The summed E-state index contributed by atoms with van der Waals surface area (Å²) in [6.07, 6.45) is 0.952. The average Bonchev–Trinajstić information content (AvgIpc) is 2.19. The fraction of sp³-hybridized carbons (Fsp3) is 0.455. The van der Waals surface area contributed by atoms with Crippen molar-refractivity contribution in [1.82, 2.24) is 0 Å². The van der Waals surface area contributed by atoms with Crippen molar-refractivity contribution in [2.45, 2.75) is 13.3 Å². The molecule has 1 rings (SSSR count). The fourth-order valence-electron chi connectivity index (χ4n) is 1.04. The van der Waals surface area contributed by atoms with Crippen LogP contribution in [0.1, 0.15) is 12.5 Å². The molecule has 0 amide bonds. The molecule has 0 aliphatic carbocycles. The average molecular weight is 180 g/mol. The topological polar surface area (TPSA) is 18.5 Å². The molecule has 1 aromatic rings. The van der Waals surface area contributed by atoms with E-state index < -0.39 is 0 Å². The second-order valence-corrected chi connectivity index (χ2v) is 2.75. The number of benzene rings is 1. The third-order valence-corrected chi connectivity index (χ3v) is 1.75. The van der Waals surface area contributed by atoms with Crippen LogP contribution in [0, 0.1) is 0 Å². The predicted octanol–water partition coefficient (Wildman–Crippen LogP) is 2.24. The highest BCUT2D eigenvalue weighted by Crippen LogP contribution is 1.99. The van der Waals surface area contributed by atoms with Gasteiger partial charge in [0, 0.05) is 6.61 Å². The van der Waals surface area contributed by atoms with Crippen LogP contribution in [0.2, 0.25) is 0 Å². The fourth-order valence-corrected chi connectivity index (χ4v) is 1.04. The van der Waals surface area contributed by atoms with Gasteiger partial charge in [-0.2, -0.15) is 0 Å². The van der Waals surface area contributed by atoms with Crippen molar-refractivity contribution < 1.29 is 9.47 Å². The molecule has 0 saturated carbocycles. The van der Waals surface area contributed by atoms with E-state index in [-0.39, 0.29) is 0 Å². The molecule has 2 heteroatoms. The molecule has 72 valence electrons. The van der Waals surface area contributed by atoms with E-state index in [1.54, 1.807) is 0 Å². The summed E-state index contributed by atoms with van der Waals surface area (Å²) in [5.41, 5.74) is 1.30. The largest absolute Gasteiger partial charge is 0.356 e. The SMILES string of the molecule is CCOCOCCc1ccccc1. The van der Waals surface area contributed by atoms with Gasteiger partial charge in [-0.05, 0) is 18.9 Å². The first-order valence-corrected chi connectivity index (χ1v) is 4.63. The van der Waals surface area contributed by atoms with Gasteiger partial charge in [0.1, 0.15) is 6.79 Å². The van der Waals surface area contributed by atoms with Crippen molar-refractivity contribution in [2.75, 3.05) is 20.0 Å². The van der Waals surface area contributed by atoms with Gasteiger partial charge in [0.05, 0.1) is 6.61 Å². The Morgan fingerprint density at radius 3 is 2.54 bits per heavy atom. The van der Waals surface area contributed by atoms with E-state index in [0.717, 1.165) is 13.0 Å². The molecule has 0 aliphatic rings. The summed E-state index contributed by atoms with van der Waals surface area (Å²) >= 11 is 0. The lowest BCUT2D eigenvalue weighted by molar-refractivity contribution is -0.0481. The number of hydrogen-bond donors (Lipinski definition) is 0. The highest BCUT2D eigenvalue weighted by atomic mass is 16.7. The lowest BCUT2D eigenvalue weighted by atomic mass is 10.2. The standard InChI is InChI=1S/C11H16O2/c1-2-12-10-13-9-8-11-6-4-3-5-7-11/h3-7H,2,8-10H2,1H3. The maximum Gasteiger partial charge on any atom is 0.146 e. The molecule has 1 aromatic carbocycles. The van der Waals surface area contributed by atoms with E-state index >= 15 is 0 Å². The number of rotatable bonds is 6. The third kappa shape index (κ3) is 4.65. The van der Waals surface area contributed by atoms with Gasteiger partial charge in [-0.25, -0.2) is 0 Å². The van der Waals surface area contributed by atoms with Gasteiger partial charge in [0.25, 0.3) is 0 Å². The Kier molecular flexibility index (Phi) is 5.22. The normalized spacial score (nSPS) is 10.2. The zero-order valence-corrected chi connectivity index (χ0v) is 8.03. The Bertz CT molecular complexity index is 209. The molecule has 13 heavy (non-hydrogen) atoms. The van der Waals surface area contributed by atoms with Crippen molar-refractivity contribution in [2.24, 2.45) is 0 Å². The van der Waals surface area contributed by atoms with Crippen LogP contribution in [0.4, 0.5) is 0 Å². The van der Waals surface area contributed by atoms with Gasteiger partial charge in [0.2, 0.25) is 0 Å². The first kappa shape index (κ1) is 10.2. The number of hydrogen-bond acceptors (Lipinski definition) is 2. The van der Waals surface area contributed by atoms with Crippen molar-refractivity contribution in [1.29, 1.82) is 0 Å². The van der Waals surface area contributed by atoms with Crippen LogP contribution >= 0.6 is 0 Å². The summed E-state index contributed by atoms with van der Waals surface area (Å²) in [7, 11) is 0. The molecule has 0 radical (unpaired) electrons. The minimum absolute atomic E-state index is 0.406. The van der Waals surface area contributed by atoms with Crippen molar-refractivity contribution in [3.63, 3.8) is 0 Å². The van der Waals surface area contributed by atoms with E-state index in [1.807, 2.05) is 25.1 Å².